The van der Waals surface area contributed by atoms with Gasteiger partial charge in [-0.1, -0.05) is 54.4 Å². The lowest BCUT2D eigenvalue weighted by molar-refractivity contribution is -0.131. The topological polar surface area (TPSA) is 95.6 Å². The van der Waals surface area contributed by atoms with Gasteiger partial charge >= 0.3 is 0 Å². The van der Waals surface area contributed by atoms with Crippen LogP contribution in [0.2, 0.25) is 0 Å². The highest BCUT2D eigenvalue weighted by Gasteiger charge is 2.37. The normalized spacial score (nSPS) is 17.5. The van der Waals surface area contributed by atoms with E-state index in [1.54, 1.807) is 24.3 Å². The summed E-state index contributed by atoms with van der Waals surface area (Å²) in [6.45, 7) is 2.15. The van der Waals surface area contributed by atoms with Gasteiger partial charge in [-0.15, -0.1) is 0 Å². The molecule has 0 aliphatic carbocycles. The Morgan fingerprint density at radius 3 is 2.38 bits per heavy atom. The molecule has 7 nitrogen and oxygen atoms in total. The molecule has 0 aromatic heterocycles. The average Bonchev–Trinajstić information content (AvgIpc) is 2.73. The van der Waals surface area contributed by atoms with Crippen LogP contribution < -0.4 is 10.9 Å². The van der Waals surface area contributed by atoms with E-state index in [0.29, 0.717) is 12.8 Å². The molecule has 3 rings (SSSR count). The van der Waals surface area contributed by atoms with E-state index < -0.39 is 22.0 Å². The smallest absolute Gasteiger partial charge is 0.256 e. The lowest BCUT2D eigenvalue weighted by Crippen LogP contribution is -2.55. The summed E-state index contributed by atoms with van der Waals surface area (Å²) in [6, 6.07) is 14.9. The third-order valence-electron chi connectivity index (χ3n) is 4.92. The fourth-order valence-corrected chi connectivity index (χ4v) is 5.00. The molecule has 2 N–H and O–H groups in total. The number of benzene rings is 2. The molecule has 1 fully saturated rings. The van der Waals surface area contributed by atoms with Crippen LogP contribution in [0.1, 0.15) is 30.4 Å². The predicted octanol–water partition coefficient (Wildman–Crippen LogP) is 1.93. The summed E-state index contributed by atoms with van der Waals surface area (Å²) in [5, 5.41) is 0. The Kier molecular flexibility index (Phi) is 6.66. The van der Waals surface area contributed by atoms with Crippen LogP contribution in [-0.4, -0.2) is 37.1 Å². The van der Waals surface area contributed by atoms with Gasteiger partial charge in [0, 0.05) is 6.54 Å². The minimum atomic E-state index is -3.80. The summed E-state index contributed by atoms with van der Waals surface area (Å²) in [7, 11) is -3.80. The summed E-state index contributed by atoms with van der Waals surface area (Å²) in [6.07, 6.45) is 1.97. The van der Waals surface area contributed by atoms with Gasteiger partial charge in [-0.25, -0.2) is 8.42 Å². The molecule has 1 atom stereocenters. The van der Waals surface area contributed by atoms with Crippen molar-refractivity contribution in [3.63, 3.8) is 0 Å². The average molecular weight is 416 g/mol. The van der Waals surface area contributed by atoms with Crippen LogP contribution in [0.3, 0.4) is 0 Å². The van der Waals surface area contributed by atoms with Crippen LogP contribution >= 0.6 is 0 Å². The van der Waals surface area contributed by atoms with Crippen molar-refractivity contribution >= 4 is 21.8 Å². The summed E-state index contributed by atoms with van der Waals surface area (Å²) >= 11 is 0. The number of nitrogens with one attached hydrogen (secondary N) is 2. The first-order valence-corrected chi connectivity index (χ1v) is 11.0. The molecule has 1 heterocycles. The highest BCUT2D eigenvalue weighted by atomic mass is 32.2. The number of piperidine rings is 1. The minimum Gasteiger partial charge on any atom is -0.273 e. The van der Waals surface area contributed by atoms with E-state index in [2.05, 4.69) is 10.9 Å². The third-order valence-corrected chi connectivity index (χ3v) is 6.84. The number of nitrogens with zero attached hydrogens (tertiary/aromatic N) is 1. The van der Waals surface area contributed by atoms with E-state index in [-0.39, 0.29) is 23.8 Å². The van der Waals surface area contributed by atoms with Gasteiger partial charge in [0.05, 0.1) is 11.3 Å². The molecule has 0 bridgehead atoms. The molecule has 0 saturated carbocycles. The van der Waals surface area contributed by atoms with Crippen molar-refractivity contribution in [1.29, 1.82) is 0 Å². The number of hydrogen-bond donors (Lipinski definition) is 2. The zero-order valence-corrected chi connectivity index (χ0v) is 17.1. The lowest BCUT2D eigenvalue weighted by atomic mass is 10.0. The van der Waals surface area contributed by atoms with Crippen molar-refractivity contribution in [1.82, 2.24) is 15.2 Å². The van der Waals surface area contributed by atoms with Crippen molar-refractivity contribution in [3.05, 3.63) is 65.7 Å². The first-order chi connectivity index (χ1) is 13.9. The SMILES string of the molecule is Cc1ccc(S(=O)(=O)N2CCCCC2C(=O)NNC(=O)Cc2ccccc2)cc1. The van der Waals surface area contributed by atoms with Crippen LogP contribution in [-0.2, 0) is 26.0 Å². The number of hydrazine groups is 1. The molecule has 1 aliphatic heterocycles. The Labute approximate surface area is 171 Å². The van der Waals surface area contributed by atoms with Gasteiger partial charge in [-0.3, -0.25) is 20.4 Å². The second kappa shape index (κ2) is 9.19. The molecule has 1 saturated heterocycles. The fourth-order valence-electron chi connectivity index (χ4n) is 3.34. The minimum absolute atomic E-state index is 0.122. The van der Waals surface area contributed by atoms with Crippen LogP contribution in [0.5, 0.6) is 0 Å². The number of amides is 2. The van der Waals surface area contributed by atoms with Crippen molar-refractivity contribution in [2.75, 3.05) is 6.54 Å². The van der Waals surface area contributed by atoms with Gasteiger partial charge < -0.3 is 0 Å². The molecule has 1 aliphatic rings. The number of rotatable bonds is 5. The Morgan fingerprint density at radius 1 is 1.00 bits per heavy atom. The van der Waals surface area contributed by atoms with Crippen molar-refractivity contribution in [2.45, 2.75) is 43.5 Å². The molecule has 29 heavy (non-hydrogen) atoms. The van der Waals surface area contributed by atoms with Crippen molar-refractivity contribution in [2.24, 2.45) is 0 Å². The van der Waals surface area contributed by atoms with Gasteiger partial charge in [0.15, 0.2) is 0 Å². The Balaban J connectivity index is 1.66. The van der Waals surface area contributed by atoms with E-state index >= 15 is 0 Å². The van der Waals surface area contributed by atoms with E-state index in [4.69, 9.17) is 0 Å². The summed E-state index contributed by atoms with van der Waals surface area (Å²) in [5.41, 5.74) is 6.55. The Bertz CT molecular complexity index is 959. The number of carbonyl (C=O) groups is 2. The van der Waals surface area contributed by atoms with Gasteiger partial charge in [-0.05, 0) is 37.5 Å². The van der Waals surface area contributed by atoms with Crippen LogP contribution in [0.15, 0.2) is 59.5 Å². The summed E-state index contributed by atoms with van der Waals surface area (Å²) < 4.78 is 27.3. The largest absolute Gasteiger partial charge is 0.273 e. The van der Waals surface area contributed by atoms with Crippen LogP contribution in [0.25, 0.3) is 0 Å². The number of aryl methyl sites for hydroxylation is 1. The molecule has 2 aromatic carbocycles. The highest BCUT2D eigenvalue weighted by molar-refractivity contribution is 7.89. The second-order valence-corrected chi connectivity index (χ2v) is 9.03. The van der Waals surface area contributed by atoms with E-state index in [0.717, 1.165) is 17.5 Å². The number of carbonyl (C=O) groups excluding carboxylic acids is 2. The first kappa shape index (κ1) is 21.0. The van der Waals surface area contributed by atoms with E-state index in [1.807, 2.05) is 37.3 Å². The van der Waals surface area contributed by atoms with E-state index in [1.165, 1.54) is 4.31 Å². The zero-order valence-electron chi connectivity index (χ0n) is 16.3. The fraction of sp³-hybridized carbons (Fsp3) is 0.333. The maximum absolute atomic E-state index is 13.1. The van der Waals surface area contributed by atoms with Gasteiger partial charge in [0.1, 0.15) is 6.04 Å². The lowest BCUT2D eigenvalue weighted by Gasteiger charge is -2.33. The molecule has 2 amide bonds. The maximum Gasteiger partial charge on any atom is 0.256 e. The van der Waals surface area contributed by atoms with Gasteiger partial charge in [0.2, 0.25) is 15.9 Å². The van der Waals surface area contributed by atoms with Crippen molar-refractivity contribution in [3.8, 4) is 0 Å². The standard InChI is InChI=1S/C21H25N3O4S/c1-16-10-12-18(13-11-16)29(27,28)24-14-6-5-9-19(24)21(26)23-22-20(25)15-17-7-3-2-4-8-17/h2-4,7-8,10-13,19H,5-6,9,14-15H2,1H3,(H,22,25)(H,23,26). The molecule has 0 spiro atoms. The first-order valence-electron chi connectivity index (χ1n) is 9.59. The molecule has 1 unspecified atom stereocenters. The molecule has 154 valence electrons. The van der Waals surface area contributed by atoms with Crippen LogP contribution in [0, 0.1) is 6.92 Å². The number of hydrogen-bond acceptors (Lipinski definition) is 4. The van der Waals surface area contributed by atoms with E-state index in [9.17, 15) is 18.0 Å². The molecule has 2 aromatic rings. The molecule has 8 heteroatoms. The Morgan fingerprint density at radius 2 is 1.69 bits per heavy atom. The summed E-state index contributed by atoms with van der Waals surface area (Å²) in [5.74, 6) is -0.893. The Hall–Kier alpha value is -2.71. The maximum atomic E-state index is 13.1. The van der Waals surface area contributed by atoms with Gasteiger partial charge in [0.25, 0.3) is 5.91 Å². The zero-order chi connectivity index (χ0) is 20.9. The number of sulfonamides is 1. The predicted molar refractivity (Wildman–Crippen MR) is 109 cm³/mol. The van der Waals surface area contributed by atoms with Gasteiger partial charge in [-0.2, -0.15) is 4.31 Å². The second-order valence-electron chi connectivity index (χ2n) is 7.14. The molecule has 0 radical (unpaired) electrons. The molecular weight excluding hydrogens is 390 g/mol. The third kappa shape index (κ3) is 5.21. The van der Waals surface area contributed by atoms with Crippen molar-refractivity contribution < 1.29 is 18.0 Å². The monoisotopic (exact) mass is 415 g/mol. The highest BCUT2D eigenvalue weighted by Crippen LogP contribution is 2.25. The quantitative estimate of drug-likeness (QED) is 0.730. The molecular formula is C21H25N3O4S. The summed E-state index contributed by atoms with van der Waals surface area (Å²) in [4.78, 5) is 24.9. The van der Waals surface area contributed by atoms with Crippen LogP contribution in [0.4, 0.5) is 0 Å².